The Bertz CT molecular complexity index is 472. The number of amides is 1. The maximum absolute atomic E-state index is 13.1. The average Bonchev–Trinajstić information content (AvgIpc) is 3.01. The second-order valence-corrected chi connectivity index (χ2v) is 13.9. The second-order valence-electron chi connectivity index (χ2n) is 7.56. The Morgan fingerprint density at radius 3 is 2.50 bits per heavy atom. The minimum absolute atomic E-state index is 0.00942. The van der Waals surface area contributed by atoms with E-state index in [2.05, 4.69) is 41.2 Å². The van der Waals surface area contributed by atoms with Crippen molar-refractivity contribution in [2.45, 2.75) is 90.6 Å². The third kappa shape index (κ3) is 6.46. The molecule has 1 fully saturated rings. The number of hydrogen-bond acceptors (Lipinski definition) is 4. The summed E-state index contributed by atoms with van der Waals surface area (Å²) >= 11 is 7.11. The molecule has 2 atom stereocenters. The Morgan fingerprint density at radius 2 is 2.00 bits per heavy atom. The van der Waals surface area contributed by atoms with Gasteiger partial charge < -0.3 is 4.43 Å². The molecule has 6 heteroatoms. The Kier molecular flexibility index (Phi) is 10.7. The summed E-state index contributed by atoms with van der Waals surface area (Å²) in [7, 11) is -1.74. The van der Waals surface area contributed by atoms with Crippen LogP contribution in [0.4, 0.5) is 0 Å². The summed E-state index contributed by atoms with van der Waals surface area (Å²) in [5.41, 5.74) is 0. The Labute approximate surface area is 171 Å². The maximum Gasteiger partial charge on any atom is 0.230 e. The standard InChI is InChI=1S/C20H37NO2S2Si/c1-7-11-12-13-17(23-26(8-2,9-3)10-4)14-19(22)21-18(16(5)6)15-25-20(21)24/h7,16-18H,1,8-15H2,2-6H3/t17-,18-/m0/s1. The van der Waals surface area contributed by atoms with Crippen molar-refractivity contribution in [3.05, 3.63) is 12.7 Å². The fraction of sp³-hybridized carbons (Fsp3) is 0.800. The van der Waals surface area contributed by atoms with Crippen molar-refractivity contribution in [2.24, 2.45) is 5.92 Å². The van der Waals surface area contributed by atoms with Crippen LogP contribution in [-0.4, -0.2) is 41.3 Å². The molecule has 0 N–H and O–H groups in total. The number of unbranched alkanes of at least 4 members (excludes halogenated alkanes) is 1. The van der Waals surface area contributed by atoms with E-state index in [1.54, 1.807) is 11.8 Å². The molecule has 0 spiro atoms. The average molecular weight is 416 g/mol. The molecule has 1 saturated heterocycles. The van der Waals surface area contributed by atoms with Crippen LogP contribution < -0.4 is 0 Å². The summed E-state index contributed by atoms with van der Waals surface area (Å²) in [5, 5.41) is 0. The summed E-state index contributed by atoms with van der Waals surface area (Å²) < 4.78 is 7.44. The van der Waals surface area contributed by atoms with Gasteiger partial charge in [0.15, 0.2) is 8.32 Å². The van der Waals surface area contributed by atoms with Crippen LogP contribution in [0.2, 0.25) is 18.1 Å². The van der Waals surface area contributed by atoms with Gasteiger partial charge in [-0.25, -0.2) is 0 Å². The molecule has 0 aromatic rings. The highest BCUT2D eigenvalue weighted by molar-refractivity contribution is 8.23. The van der Waals surface area contributed by atoms with Crippen molar-refractivity contribution < 1.29 is 9.22 Å². The first-order valence-electron chi connectivity index (χ1n) is 10.1. The predicted molar refractivity (Wildman–Crippen MR) is 121 cm³/mol. The lowest BCUT2D eigenvalue weighted by molar-refractivity contribution is -0.130. The van der Waals surface area contributed by atoms with Gasteiger partial charge in [-0.3, -0.25) is 9.69 Å². The third-order valence-corrected chi connectivity index (χ3v) is 11.8. The number of nitrogens with zero attached hydrogens (tertiary/aromatic N) is 1. The van der Waals surface area contributed by atoms with E-state index in [0.717, 1.165) is 47.5 Å². The highest BCUT2D eigenvalue weighted by Gasteiger charge is 2.38. The number of carbonyl (C=O) groups excluding carboxylic acids is 1. The van der Waals surface area contributed by atoms with Gasteiger partial charge in [-0.15, -0.1) is 6.58 Å². The lowest BCUT2D eigenvalue weighted by Crippen LogP contribution is -2.45. The van der Waals surface area contributed by atoms with Crippen molar-refractivity contribution in [3.8, 4) is 0 Å². The molecule has 1 amide bonds. The van der Waals surface area contributed by atoms with Gasteiger partial charge in [-0.1, -0.05) is 64.7 Å². The molecule has 0 aromatic carbocycles. The van der Waals surface area contributed by atoms with Crippen molar-refractivity contribution in [3.63, 3.8) is 0 Å². The van der Waals surface area contributed by atoms with Crippen molar-refractivity contribution in [1.82, 2.24) is 4.90 Å². The topological polar surface area (TPSA) is 29.5 Å². The Morgan fingerprint density at radius 1 is 1.38 bits per heavy atom. The molecular weight excluding hydrogens is 378 g/mol. The molecule has 26 heavy (non-hydrogen) atoms. The van der Waals surface area contributed by atoms with Gasteiger partial charge in [0.25, 0.3) is 0 Å². The molecule has 1 aliphatic rings. The van der Waals surface area contributed by atoms with E-state index in [4.69, 9.17) is 16.6 Å². The van der Waals surface area contributed by atoms with E-state index >= 15 is 0 Å². The van der Waals surface area contributed by atoms with Crippen molar-refractivity contribution in [2.75, 3.05) is 5.75 Å². The largest absolute Gasteiger partial charge is 0.413 e. The van der Waals surface area contributed by atoms with Gasteiger partial charge in [-0.2, -0.15) is 0 Å². The molecule has 0 aliphatic carbocycles. The first-order chi connectivity index (χ1) is 12.3. The number of rotatable bonds is 12. The number of hydrogen-bond donors (Lipinski definition) is 0. The minimum Gasteiger partial charge on any atom is -0.413 e. The smallest absolute Gasteiger partial charge is 0.230 e. The van der Waals surface area contributed by atoms with Crippen LogP contribution >= 0.6 is 24.0 Å². The highest BCUT2D eigenvalue weighted by atomic mass is 32.2. The fourth-order valence-corrected chi connectivity index (χ4v) is 8.13. The Hall–Kier alpha value is -0.173. The molecule has 1 rings (SSSR count). The highest BCUT2D eigenvalue weighted by Crippen LogP contribution is 2.31. The number of thiocarbonyl (C=S) groups is 1. The van der Waals surface area contributed by atoms with Crippen LogP contribution in [-0.2, 0) is 9.22 Å². The molecular formula is C20H37NO2S2Si. The number of thioether (sulfide) groups is 1. The lowest BCUT2D eigenvalue weighted by atomic mass is 10.0. The summed E-state index contributed by atoms with van der Waals surface area (Å²) in [6, 6.07) is 3.55. The zero-order valence-corrected chi connectivity index (χ0v) is 19.9. The SMILES string of the molecule is C=CCCC[C@@H](CC(=O)N1C(=S)SC[C@H]1C(C)C)O[Si](CC)(CC)CC. The van der Waals surface area contributed by atoms with Gasteiger partial charge in [-0.05, 0) is 43.3 Å². The van der Waals surface area contributed by atoms with Gasteiger partial charge >= 0.3 is 0 Å². The van der Waals surface area contributed by atoms with Crippen LogP contribution in [0.25, 0.3) is 0 Å². The second kappa shape index (κ2) is 11.6. The molecule has 0 radical (unpaired) electrons. The summed E-state index contributed by atoms with van der Waals surface area (Å²) in [6.45, 7) is 14.9. The molecule has 1 aliphatic heterocycles. The van der Waals surface area contributed by atoms with E-state index in [9.17, 15) is 4.79 Å². The molecule has 0 saturated carbocycles. The molecule has 1 heterocycles. The fourth-order valence-electron chi connectivity index (χ4n) is 3.55. The molecule has 150 valence electrons. The molecule has 0 aromatic heterocycles. The zero-order chi connectivity index (χ0) is 19.7. The molecule has 3 nitrogen and oxygen atoms in total. The zero-order valence-electron chi connectivity index (χ0n) is 17.3. The molecule has 0 unspecified atom stereocenters. The van der Waals surface area contributed by atoms with E-state index in [-0.39, 0.29) is 18.1 Å². The maximum atomic E-state index is 13.1. The molecule has 0 bridgehead atoms. The first kappa shape index (κ1) is 23.9. The van der Waals surface area contributed by atoms with Crippen LogP contribution in [0.15, 0.2) is 12.7 Å². The normalized spacial score (nSPS) is 19.2. The van der Waals surface area contributed by atoms with Crippen molar-refractivity contribution in [1.29, 1.82) is 0 Å². The number of carbonyl (C=O) groups is 1. The Balaban J connectivity index is 2.87. The van der Waals surface area contributed by atoms with Gasteiger partial charge in [0, 0.05) is 11.8 Å². The monoisotopic (exact) mass is 415 g/mol. The quantitative estimate of drug-likeness (QED) is 0.169. The summed E-state index contributed by atoms with van der Waals surface area (Å²) in [4.78, 5) is 15.0. The van der Waals surface area contributed by atoms with Gasteiger partial charge in [0.2, 0.25) is 5.91 Å². The van der Waals surface area contributed by atoms with Crippen LogP contribution in [0.3, 0.4) is 0 Å². The summed E-state index contributed by atoms with van der Waals surface area (Å²) in [5.74, 6) is 1.48. The van der Waals surface area contributed by atoms with Gasteiger partial charge in [0.1, 0.15) is 4.32 Å². The van der Waals surface area contributed by atoms with Crippen LogP contribution in [0.1, 0.15) is 60.3 Å². The lowest BCUT2D eigenvalue weighted by Gasteiger charge is -2.34. The van der Waals surface area contributed by atoms with Crippen molar-refractivity contribution >= 4 is 42.5 Å². The van der Waals surface area contributed by atoms with E-state index in [0.29, 0.717) is 12.3 Å². The minimum atomic E-state index is -1.74. The third-order valence-electron chi connectivity index (χ3n) is 5.63. The van der Waals surface area contributed by atoms with Crippen LogP contribution in [0.5, 0.6) is 0 Å². The van der Waals surface area contributed by atoms with E-state index in [1.807, 2.05) is 11.0 Å². The van der Waals surface area contributed by atoms with E-state index in [1.165, 1.54) is 0 Å². The first-order valence-corrected chi connectivity index (χ1v) is 14.0. The number of allylic oxidation sites excluding steroid dienone is 1. The van der Waals surface area contributed by atoms with Crippen LogP contribution in [0, 0.1) is 5.92 Å². The summed E-state index contributed by atoms with van der Waals surface area (Å²) in [6.07, 6.45) is 5.33. The predicted octanol–water partition coefficient (Wildman–Crippen LogP) is 6.01. The van der Waals surface area contributed by atoms with E-state index < -0.39 is 8.32 Å². The van der Waals surface area contributed by atoms with Gasteiger partial charge in [0.05, 0.1) is 12.5 Å².